The summed E-state index contributed by atoms with van der Waals surface area (Å²) in [4.78, 5) is 53.5. The first kappa shape index (κ1) is 31.4. The van der Waals surface area contributed by atoms with Crippen LogP contribution in [0.25, 0.3) is 0 Å². The molecule has 12 heteroatoms. The third-order valence-electron chi connectivity index (χ3n) is 8.74. The fraction of sp³-hybridized carbons (Fsp3) is 0.441. The van der Waals surface area contributed by atoms with Crippen molar-refractivity contribution in [2.45, 2.75) is 51.0 Å². The number of nitrogens with zero attached hydrogens (tertiary/aromatic N) is 5. The molecule has 4 bridgehead atoms. The highest BCUT2D eigenvalue weighted by Crippen LogP contribution is 2.30. The first-order valence-electron chi connectivity index (χ1n) is 15.9. The minimum Gasteiger partial charge on any atom is -0.494 e. The van der Waals surface area contributed by atoms with E-state index in [2.05, 4.69) is 20.2 Å². The Morgan fingerprint density at radius 1 is 1.04 bits per heavy atom. The lowest BCUT2D eigenvalue weighted by Gasteiger charge is -2.45. The number of fused-ring (bicyclic) bond motifs is 5. The molecular formula is C34H40N6O6. The van der Waals surface area contributed by atoms with Crippen LogP contribution in [0.5, 0.6) is 17.2 Å². The van der Waals surface area contributed by atoms with Crippen LogP contribution in [-0.4, -0.2) is 107 Å². The number of piperidine rings is 2. The fourth-order valence-electron chi connectivity index (χ4n) is 6.43. The molecule has 1 aromatic heterocycles. The van der Waals surface area contributed by atoms with E-state index in [0.29, 0.717) is 61.4 Å². The minimum absolute atomic E-state index is 0.0996. The van der Waals surface area contributed by atoms with Crippen LogP contribution in [0.1, 0.15) is 52.6 Å². The van der Waals surface area contributed by atoms with Crippen molar-refractivity contribution in [1.82, 2.24) is 30.0 Å². The zero-order valence-corrected chi connectivity index (χ0v) is 26.3. The Morgan fingerprint density at radius 3 is 2.67 bits per heavy atom. The van der Waals surface area contributed by atoms with Crippen LogP contribution < -0.4 is 14.8 Å². The second-order valence-corrected chi connectivity index (χ2v) is 12.0. The number of rotatable bonds is 4. The molecule has 3 aromatic rings. The fourth-order valence-corrected chi connectivity index (χ4v) is 6.43. The summed E-state index contributed by atoms with van der Waals surface area (Å²) in [5, 5.41) is 3.19. The molecule has 3 aliphatic heterocycles. The second kappa shape index (κ2) is 14.3. The van der Waals surface area contributed by atoms with Gasteiger partial charge in [-0.25, -0.2) is 4.98 Å². The lowest BCUT2D eigenvalue weighted by molar-refractivity contribution is -0.125. The van der Waals surface area contributed by atoms with Gasteiger partial charge in [-0.2, -0.15) is 0 Å². The van der Waals surface area contributed by atoms with Crippen LogP contribution in [0.3, 0.4) is 0 Å². The first-order valence-corrected chi connectivity index (χ1v) is 15.9. The van der Waals surface area contributed by atoms with Crippen molar-refractivity contribution in [3.05, 3.63) is 77.9 Å². The Bertz CT molecular complexity index is 1550. The van der Waals surface area contributed by atoms with Gasteiger partial charge in [-0.1, -0.05) is 12.1 Å². The molecule has 46 heavy (non-hydrogen) atoms. The number of hydrogen-bond donors (Lipinski definition) is 1. The monoisotopic (exact) mass is 628 g/mol. The summed E-state index contributed by atoms with van der Waals surface area (Å²) in [5.74, 6) is 0.926. The van der Waals surface area contributed by atoms with E-state index in [0.717, 1.165) is 31.4 Å². The molecule has 12 nitrogen and oxygen atoms in total. The quantitative estimate of drug-likeness (QED) is 0.464. The average molecular weight is 629 g/mol. The predicted octanol–water partition coefficient (Wildman–Crippen LogP) is 3.13. The van der Waals surface area contributed by atoms with Gasteiger partial charge in [0.15, 0.2) is 0 Å². The van der Waals surface area contributed by atoms with E-state index in [1.807, 2.05) is 36.1 Å². The van der Waals surface area contributed by atoms with Crippen molar-refractivity contribution in [3.8, 4) is 17.2 Å². The van der Waals surface area contributed by atoms with E-state index in [1.54, 1.807) is 31.4 Å². The maximum atomic E-state index is 13.5. The first-order chi connectivity index (χ1) is 22.4. The van der Waals surface area contributed by atoms with Crippen molar-refractivity contribution in [2.24, 2.45) is 0 Å². The lowest BCUT2D eigenvalue weighted by Crippen LogP contribution is -2.60. The van der Waals surface area contributed by atoms with Crippen LogP contribution in [0.4, 0.5) is 0 Å². The molecule has 2 atom stereocenters. The van der Waals surface area contributed by atoms with Crippen molar-refractivity contribution in [3.63, 3.8) is 0 Å². The van der Waals surface area contributed by atoms with Crippen molar-refractivity contribution >= 4 is 17.7 Å². The van der Waals surface area contributed by atoms with Crippen molar-refractivity contribution in [2.75, 3.05) is 46.4 Å². The number of benzene rings is 2. The molecule has 242 valence electrons. The molecule has 0 spiro atoms. The molecule has 0 radical (unpaired) electrons. The van der Waals surface area contributed by atoms with Gasteiger partial charge in [0.2, 0.25) is 5.91 Å². The Hall–Kier alpha value is -4.55. The average Bonchev–Trinajstić information content (AvgIpc) is 3.07. The molecule has 1 N–H and O–H groups in total. The van der Waals surface area contributed by atoms with E-state index in [4.69, 9.17) is 14.2 Å². The van der Waals surface area contributed by atoms with E-state index in [-0.39, 0.29) is 42.5 Å². The van der Waals surface area contributed by atoms with Crippen LogP contribution >= 0.6 is 0 Å². The number of carbonyl (C=O) groups excluding carboxylic acids is 3. The summed E-state index contributed by atoms with van der Waals surface area (Å²) >= 11 is 0. The zero-order chi connectivity index (χ0) is 32.0. The molecule has 0 saturated carbocycles. The van der Waals surface area contributed by atoms with Gasteiger partial charge < -0.3 is 29.3 Å². The summed E-state index contributed by atoms with van der Waals surface area (Å²) in [6, 6.07) is 12.8. The van der Waals surface area contributed by atoms with E-state index < -0.39 is 0 Å². The molecule has 2 aromatic carbocycles. The van der Waals surface area contributed by atoms with Gasteiger partial charge in [0.1, 0.15) is 22.9 Å². The highest BCUT2D eigenvalue weighted by molar-refractivity contribution is 5.97. The third-order valence-corrected chi connectivity index (χ3v) is 8.74. The van der Waals surface area contributed by atoms with Crippen LogP contribution in [0, 0.1) is 0 Å². The largest absolute Gasteiger partial charge is 0.494 e. The molecule has 3 aliphatic rings. The van der Waals surface area contributed by atoms with E-state index in [1.165, 1.54) is 17.3 Å². The van der Waals surface area contributed by atoms with Gasteiger partial charge >= 0.3 is 0 Å². The molecule has 6 rings (SSSR count). The normalized spacial score (nSPS) is 21.6. The Morgan fingerprint density at radius 2 is 1.89 bits per heavy atom. The van der Waals surface area contributed by atoms with Gasteiger partial charge in [0.05, 0.1) is 38.1 Å². The van der Waals surface area contributed by atoms with E-state index in [9.17, 15) is 14.4 Å². The number of likely N-dealkylation sites (N-methyl/N-ethyl adjacent to an activating group) is 1. The maximum Gasteiger partial charge on any atom is 0.274 e. The van der Waals surface area contributed by atoms with Crippen LogP contribution in [0.15, 0.2) is 61.1 Å². The highest BCUT2D eigenvalue weighted by Gasteiger charge is 2.36. The van der Waals surface area contributed by atoms with E-state index >= 15 is 0 Å². The molecule has 2 saturated heterocycles. The number of nitrogens with one attached hydrogen (secondary N) is 1. The molecular weight excluding hydrogens is 588 g/mol. The standard InChI is InChI=1S/C34H40N6O6/c1-3-44-27-16-24-17-28(18-27)46-26-6-4-5-23(15-26)22-45-31-9-14-40(20-30(31)37-32(41)21-38(2)33(24)42)25-7-12-39(13-8-25)34(43)29-19-35-10-11-36-29/h4-6,10-11,15-19,25,30-31H,3,7-9,12-14,20-22H2,1-2H3,(H,37,41)/t30-,31+/m0/s1. The summed E-state index contributed by atoms with van der Waals surface area (Å²) in [5.41, 5.74) is 1.67. The number of aromatic nitrogens is 2. The van der Waals surface area contributed by atoms with Gasteiger partial charge in [-0.15, -0.1) is 0 Å². The minimum atomic E-state index is -0.316. The zero-order valence-electron chi connectivity index (χ0n) is 26.3. The smallest absolute Gasteiger partial charge is 0.274 e. The van der Waals surface area contributed by atoms with Gasteiger partial charge in [-0.3, -0.25) is 24.3 Å². The maximum absolute atomic E-state index is 13.5. The second-order valence-electron chi connectivity index (χ2n) is 12.0. The number of hydrogen-bond acceptors (Lipinski definition) is 9. The Labute approximate surface area is 268 Å². The Kier molecular flexibility index (Phi) is 9.74. The molecule has 2 fully saturated rings. The summed E-state index contributed by atoms with van der Waals surface area (Å²) < 4.78 is 18.3. The topological polar surface area (TPSA) is 126 Å². The third kappa shape index (κ3) is 7.45. The van der Waals surface area contributed by atoms with Crippen molar-refractivity contribution < 1.29 is 28.6 Å². The van der Waals surface area contributed by atoms with Gasteiger partial charge in [0, 0.05) is 63.3 Å². The van der Waals surface area contributed by atoms with Crippen LogP contribution in [0.2, 0.25) is 0 Å². The van der Waals surface area contributed by atoms with Gasteiger partial charge in [0.25, 0.3) is 11.8 Å². The Balaban J connectivity index is 1.17. The lowest BCUT2D eigenvalue weighted by atomic mass is 9.95. The SMILES string of the molecule is CCOc1cc2cc(c1)C(=O)N(C)CC(=O)N[C@H]1CN(C3CCN(C(=O)c4cnccn4)CC3)CC[C@H]1OCc1cccc(c1)O2. The molecule has 4 heterocycles. The van der Waals surface area contributed by atoms with Gasteiger partial charge in [-0.05, 0) is 56.0 Å². The van der Waals surface area contributed by atoms with Crippen LogP contribution in [-0.2, 0) is 16.1 Å². The number of ether oxygens (including phenoxy) is 3. The number of likely N-dealkylation sites (tertiary alicyclic amines) is 2. The molecule has 3 amide bonds. The molecule has 0 unspecified atom stereocenters. The number of amides is 3. The summed E-state index contributed by atoms with van der Waals surface area (Å²) in [7, 11) is 1.61. The van der Waals surface area contributed by atoms with Crippen molar-refractivity contribution in [1.29, 1.82) is 0 Å². The number of carbonyl (C=O) groups is 3. The summed E-state index contributed by atoms with van der Waals surface area (Å²) in [6.45, 7) is 5.24. The summed E-state index contributed by atoms with van der Waals surface area (Å²) in [6.07, 6.45) is 6.76. The molecule has 0 aliphatic carbocycles. The highest BCUT2D eigenvalue weighted by atomic mass is 16.5. The predicted molar refractivity (Wildman–Crippen MR) is 169 cm³/mol.